The van der Waals surface area contributed by atoms with Gasteiger partial charge in [-0.3, -0.25) is 4.79 Å². The van der Waals surface area contributed by atoms with E-state index in [9.17, 15) is 9.18 Å². The number of fused-ring (bicyclic) bond motifs is 1. The molecule has 24 heavy (non-hydrogen) atoms. The molecular weight excluding hydrogens is 349 g/mol. The first-order valence-electron chi connectivity index (χ1n) is 7.28. The SMILES string of the molecule is O=C1C[C@@H](c2cccc(F)c2)Sc2nc(-c3ccc(Cl)cc3)nn21. The molecule has 2 aromatic carbocycles. The monoisotopic (exact) mass is 359 g/mol. The lowest BCUT2D eigenvalue weighted by Gasteiger charge is -2.20. The van der Waals surface area contributed by atoms with Crippen LogP contribution in [0.25, 0.3) is 11.4 Å². The first-order chi connectivity index (χ1) is 11.6. The van der Waals surface area contributed by atoms with Crippen LogP contribution in [0.2, 0.25) is 5.02 Å². The fourth-order valence-corrected chi connectivity index (χ4v) is 3.84. The first kappa shape index (κ1) is 15.4. The van der Waals surface area contributed by atoms with Crippen molar-refractivity contribution in [3.63, 3.8) is 0 Å². The van der Waals surface area contributed by atoms with Gasteiger partial charge in [-0.15, -0.1) is 5.10 Å². The number of thioether (sulfide) groups is 1. The van der Waals surface area contributed by atoms with Crippen LogP contribution in [0.4, 0.5) is 4.39 Å². The van der Waals surface area contributed by atoms with Gasteiger partial charge in [-0.05, 0) is 42.0 Å². The summed E-state index contributed by atoms with van der Waals surface area (Å²) in [4.78, 5) is 16.8. The molecule has 1 aromatic heterocycles. The van der Waals surface area contributed by atoms with Crippen molar-refractivity contribution in [1.29, 1.82) is 0 Å². The maximum atomic E-state index is 13.4. The topological polar surface area (TPSA) is 47.8 Å². The second-order valence-corrected chi connectivity index (χ2v) is 7.00. The third-order valence-electron chi connectivity index (χ3n) is 3.74. The van der Waals surface area contributed by atoms with Crippen molar-refractivity contribution in [3.8, 4) is 11.4 Å². The van der Waals surface area contributed by atoms with E-state index in [4.69, 9.17) is 11.6 Å². The molecule has 0 unspecified atom stereocenters. The van der Waals surface area contributed by atoms with E-state index in [1.165, 1.54) is 28.6 Å². The molecule has 0 N–H and O–H groups in total. The first-order valence-corrected chi connectivity index (χ1v) is 8.54. The smallest absolute Gasteiger partial charge is 0.250 e. The minimum absolute atomic E-state index is 0.147. The lowest BCUT2D eigenvalue weighted by molar-refractivity contribution is 0.0868. The van der Waals surface area contributed by atoms with Crippen molar-refractivity contribution < 1.29 is 9.18 Å². The molecule has 1 aliphatic heterocycles. The van der Waals surface area contributed by atoms with Crippen LogP contribution >= 0.6 is 23.4 Å². The Hall–Kier alpha value is -2.18. The van der Waals surface area contributed by atoms with Crippen LogP contribution < -0.4 is 0 Å². The minimum Gasteiger partial charge on any atom is -0.272 e. The number of carbonyl (C=O) groups excluding carboxylic acids is 1. The lowest BCUT2D eigenvalue weighted by Crippen LogP contribution is -2.21. The zero-order valence-corrected chi connectivity index (χ0v) is 13.9. The summed E-state index contributed by atoms with van der Waals surface area (Å²) in [5.41, 5.74) is 1.56. The summed E-state index contributed by atoms with van der Waals surface area (Å²) >= 11 is 7.31. The highest BCUT2D eigenvalue weighted by Gasteiger charge is 2.30. The summed E-state index contributed by atoms with van der Waals surface area (Å²) in [5.74, 6) is 0.0163. The van der Waals surface area contributed by atoms with Gasteiger partial charge in [-0.1, -0.05) is 35.5 Å². The zero-order chi connectivity index (χ0) is 16.7. The molecule has 4 rings (SSSR count). The van der Waals surface area contributed by atoms with Crippen LogP contribution in [0.3, 0.4) is 0 Å². The van der Waals surface area contributed by atoms with Crippen molar-refractivity contribution in [2.24, 2.45) is 0 Å². The number of rotatable bonds is 2. The zero-order valence-electron chi connectivity index (χ0n) is 12.3. The average molecular weight is 360 g/mol. The molecule has 2 heterocycles. The van der Waals surface area contributed by atoms with Gasteiger partial charge in [0.25, 0.3) is 5.91 Å². The standard InChI is InChI=1S/C17H11ClFN3OS/c18-12-6-4-10(5-7-12)16-20-17-22(21-16)15(23)9-14(24-17)11-2-1-3-13(19)8-11/h1-8,14H,9H2/t14-/m0/s1. The molecular formula is C17H11ClFN3OS. The summed E-state index contributed by atoms with van der Waals surface area (Å²) in [7, 11) is 0. The molecule has 0 fully saturated rings. The summed E-state index contributed by atoms with van der Waals surface area (Å²) in [5, 5.41) is 5.27. The van der Waals surface area contributed by atoms with Gasteiger partial charge in [0, 0.05) is 22.3 Å². The van der Waals surface area contributed by atoms with Crippen molar-refractivity contribution in [1.82, 2.24) is 14.8 Å². The van der Waals surface area contributed by atoms with Gasteiger partial charge < -0.3 is 0 Å². The number of carbonyl (C=O) groups is 1. The Kier molecular flexibility index (Phi) is 3.86. The molecule has 0 saturated carbocycles. The third-order valence-corrected chi connectivity index (χ3v) is 5.19. The molecule has 0 bridgehead atoms. The number of hydrogen-bond acceptors (Lipinski definition) is 4. The quantitative estimate of drug-likeness (QED) is 0.670. The van der Waals surface area contributed by atoms with E-state index in [1.807, 2.05) is 18.2 Å². The van der Waals surface area contributed by atoms with Crippen molar-refractivity contribution in [2.75, 3.05) is 0 Å². The maximum absolute atomic E-state index is 13.4. The fraction of sp³-hybridized carbons (Fsp3) is 0.118. The Balaban J connectivity index is 1.68. The molecule has 0 aliphatic carbocycles. The molecule has 0 spiro atoms. The largest absolute Gasteiger partial charge is 0.272 e. The molecule has 0 amide bonds. The Bertz CT molecular complexity index is 926. The summed E-state index contributed by atoms with van der Waals surface area (Å²) < 4.78 is 14.8. The molecule has 4 nitrogen and oxygen atoms in total. The van der Waals surface area contributed by atoms with Crippen LogP contribution in [-0.2, 0) is 0 Å². The van der Waals surface area contributed by atoms with Gasteiger partial charge in [0.15, 0.2) is 11.0 Å². The summed E-state index contributed by atoms with van der Waals surface area (Å²) in [6.45, 7) is 0. The summed E-state index contributed by atoms with van der Waals surface area (Å²) in [6.07, 6.45) is 0.255. The van der Waals surface area contributed by atoms with Crippen molar-refractivity contribution >= 4 is 29.3 Å². The highest BCUT2D eigenvalue weighted by atomic mass is 35.5. The van der Waals surface area contributed by atoms with Crippen LogP contribution in [-0.4, -0.2) is 20.7 Å². The molecule has 1 atom stereocenters. The Morgan fingerprint density at radius 1 is 1.21 bits per heavy atom. The Labute approximate surface area is 146 Å². The van der Waals surface area contributed by atoms with E-state index < -0.39 is 0 Å². The van der Waals surface area contributed by atoms with Crippen LogP contribution in [0.5, 0.6) is 0 Å². The van der Waals surface area contributed by atoms with E-state index in [0.29, 0.717) is 16.0 Å². The van der Waals surface area contributed by atoms with Gasteiger partial charge in [-0.2, -0.15) is 4.68 Å². The van der Waals surface area contributed by atoms with Crippen molar-refractivity contribution in [2.45, 2.75) is 16.8 Å². The molecule has 3 aromatic rings. The third kappa shape index (κ3) is 2.83. The van der Waals surface area contributed by atoms with E-state index in [1.54, 1.807) is 18.2 Å². The Morgan fingerprint density at radius 3 is 2.75 bits per heavy atom. The van der Waals surface area contributed by atoms with E-state index in [-0.39, 0.29) is 23.4 Å². The molecule has 0 radical (unpaired) electrons. The van der Waals surface area contributed by atoms with E-state index >= 15 is 0 Å². The predicted octanol–water partition coefficient (Wildman–Crippen LogP) is 4.61. The number of halogens is 2. The molecule has 1 aliphatic rings. The maximum Gasteiger partial charge on any atom is 0.250 e. The second kappa shape index (κ2) is 6.03. The predicted molar refractivity (Wildman–Crippen MR) is 90.7 cm³/mol. The summed E-state index contributed by atoms with van der Waals surface area (Å²) in [6, 6.07) is 13.4. The number of aromatic nitrogens is 3. The Morgan fingerprint density at radius 2 is 2.00 bits per heavy atom. The number of hydrogen-bond donors (Lipinski definition) is 0. The molecule has 7 heteroatoms. The molecule has 0 saturated heterocycles. The number of benzene rings is 2. The second-order valence-electron chi connectivity index (χ2n) is 5.40. The van der Waals surface area contributed by atoms with Crippen LogP contribution in [0, 0.1) is 5.82 Å². The highest BCUT2D eigenvalue weighted by Crippen LogP contribution is 2.41. The fourth-order valence-electron chi connectivity index (χ4n) is 2.56. The molecule has 120 valence electrons. The number of nitrogens with zero attached hydrogens (tertiary/aromatic N) is 3. The van der Waals surface area contributed by atoms with Gasteiger partial charge >= 0.3 is 0 Å². The highest BCUT2D eigenvalue weighted by molar-refractivity contribution is 7.99. The van der Waals surface area contributed by atoms with E-state index in [0.717, 1.165) is 11.1 Å². The van der Waals surface area contributed by atoms with Gasteiger partial charge in [0.2, 0.25) is 0 Å². The normalized spacial score (nSPS) is 16.9. The van der Waals surface area contributed by atoms with E-state index in [2.05, 4.69) is 10.1 Å². The van der Waals surface area contributed by atoms with Crippen LogP contribution in [0.1, 0.15) is 22.0 Å². The van der Waals surface area contributed by atoms with Gasteiger partial charge in [0.05, 0.1) is 0 Å². The van der Waals surface area contributed by atoms with Crippen LogP contribution in [0.15, 0.2) is 53.7 Å². The van der Waals surface area contributed by atoms with Gasteiger partial charge in [0.1, 0.15) is 5.82 Å². The van der Waals surface area contributed by atoms with Crippen molar-refractivity contribution in [3.05, 3.63) is 64.9 Å². The average Bonchev–Trinajstić information content (AvgIpc) is 3.00. The van der Waals surface area contributed by atoms with Gasteiger partial charge in [-0.25, -0.2) is 9.37 Å². The lowest BCUT2D eigenvalue weighted by atomic mass is 10.1. The minimum atomic E-state index is -0.311.